The first kappa shape index (κ1) is 13.3. The van der Waals surface area contributed by atoms with Crippen LogP contribution in [-0.2, 0) is 9.53 Å². The van der Waals surface area contributed by atoms with E-state index in [1.165, 1.54) is 18.2 Å². The summed E-state index contributed by atoms with van der Waals surface area (Å²) in [7, 11) is 1.55. The van der Waals surface area contributed by atoms with Gasteiger partial charge in [-0.2, -0.15) is 0 Å². The topological polar surface area (TPSA) is 105 Å². The Balaban J connectivity index is 2.82. The number of nitrogens with one attached hydrogen (secondary N) is 1. The van der Waals surface area contributed by atoms with Gasteiger partial charge in [0.25, 0.3) is 0 Å². The number of primary amides is 1. The second kappa shape index (κ2) is 6.07. The number of hydrogen-bond donors (Lipinski definition) is 4. The van der Waals surface area contributed by atoms with Crippen molar-refractivity contribution in [1.29, 1.82) is 0 Å². The van der Waals surface area contributed by atoms with Gasteiger partial charge in [0.1, 0.15) is 6.04 Å². The molecular formula is C11H16N2O4. The Morgan fingerprint density at radius 2 is 2.18 bits per heavy atom. The molecule has 0 saturated heterocycles. The van der Waals surface area contributed by atoms with Crippen LogP contribution in [0.5, 0.6) is 11.5 Å². The Kier molecular flexibility index (Phi) is 4.74. The average Bonchev–Trinajstić information content (AvgIpc) is 2.28. The molecule has 0 spiro atoms. The number of ether oxygens (including phenoxy) is 1. The molecule has 0 aromatic heterocycles. The molecule has 94 valence electrons. The van der Waals surface area contributed by atoms with Gasteiger partial charge in [0.15, 0.2) is 11.5 Å². The number of phenols is 2. The Morgan fingerprint density at radius 1 is 1.47 bits per heavy atom. The fourth-order valence-corrected chi connectivity index (χ4v) is 1.41. The number of phenolic OH excluding ortho intramolecular Hbond substituents is 2. The number of nitrogens with two attached hydrogens (primary N) is 1. The van der Waals surface area contributed by atoms with E-state index >= 15 is 0 Å². The second-order valence-electron chi connectivity index (χ2n) is 3.53. The summed E-state index contributed by atoms with van der Waals surface area (Å²) in [5, 5.41) is 21.4. The molecule has 0 bridgehead atoms. The zero-order valence-electron chi connectivity index (χ0n) is 9.51. The largest absolute Gasteiger partial charge is 0.504 e. The van der Waals surface area contributed by atoms with Gasteiger partial charge < -0.3 is 20.7 Å². The molecule has 1 aromatic carbocycles. The highest BCUT2D eigenvalue weighted by Crippen LogP contribution is 2.27. The average molecular weight is 240 g/mol. The minimum absolute atomic E-state index is 0.242. The number of aromatic hydroxyl groups is 2. The molecule has 1 unspecified atom stereocenters. The second-order valence-corrected chi connectivity index (χ2v) is 3.53. The van der Waals surface area contributed by atoms with Crippen molar-refractivity contribution in [3.05, 3.63) is 23.8 Å². The lowest BCUT2D eigenvalue weighted by Crippen LogP contribution is -2.35. The molecule has 0 heterocycles. The summed E-state index contributed by atoms with van der Waals surface area (Å²) in [5.41, 5.74) is 5.74. The molecule has 0 aliphatic rings. The Morgan fingerprint density at radius 3 is 2.71 bits per heavy atom. The van der Waals surface area contributed by atoms with Gasteiger partial charge in [-0.1, -0.05) is 6.07 Å². The molecule has 1 amide bonds. The van der Waals surface area contributed by atoms with Gasteiger partial charge in [-0.05, 0) is 17.7 Å². The van der Waals surface area contributed by atoms with Crippen LogP contribution in [0.4, 0.5) is 0 Å². The van der Waals surface area contributed by atoms with E-state index in [1.807, 2.05) is 0 Å². The molecule has 1 rings (SSSR count). The fourth-order valence-electron chi connectivity index (χ4n) is 1.41. The number of methoxy groups -OCH3 is 1. The highest BCUT2D eigenvalue weighted by Gasteiger charge is 2.18. The Bertz CT molecular complexity index is 395. The number of carbonyl (C=O) groups is 1. The molecule has 1 atom stereocenters. The van der Waals surface area contributed by atoms with E-state index in [0.717, 1.165) is 0 Å². The molecule has 0 radical (unpaired) electrons. The fraction of sp³-hybridized carbons (Fsp3) is 0.364. The van der Waals surface area contributed by atoms with Gasteiger partial charge in [0.2, 0.25) is 5.91 Å². The van der Waals surface area contributed by atoms with Crippen LogP contribution in [0.15, 0.2) is 18.2 Å². The molecule has 6 heteroatoms. The summed E-state index contributed by atoms with van der Waals surface area (Å²) in [4.78, 5) is 11.3. The van der Waals surface area contributed by atoms with Crippen LogP contribution in [0.2, 0.25) is 0 Å². The van der Waals surface area contributed by atoms with Crippen LogP contribution in [0, 0.1) is 0 Å². The van der Waals surface area contributed by atoms with Gasteiger partial charge in [0.05, 0.1) is 6.61 Å². The first-order chi connectivity index (χ1) is 8.06. The third-order valence-electron chi connectivity index (χ3n) is 2.27. The Labute approximate surface area is 99.0 Å². The third-order valence-corrected chi connectivity index (χ3v) is 2.27. The molecule has 5 N–H and O–H groups in total. The number of rotatable bonds is 6. The van der Waals surface area contributed by atoms with Crippen LogP contribution < -0.4 is 11.1 Å². The predicted octanol–water partition coefficient (Wildman–Crippen LogP) is -0.140. The van der Waals surface area contributed by atoms with Gasteiger partial charge in [-0.25, -0.2) is 0 Å². The van der Waals surface area contributed by atoms with E-state index in [0.29, 0.717) is 18.7 Å². The van der Waals surface area contributed by atoms with Crippen molar-refractivity contribution in [2.24, 2.45) is 5.73 Å². The lowest BCUT2D eigenvalue weighted by atomic mass is 10.1. The quantitative estimate of drug-likeness (QED) is 0.409. The maximum absolute atomic E-state index is 11.3. The van der Waals surface area contributed by atoms with Gasteiger partial charge >= 0.3 is 0 Å². The van der Waals surface area contributed by atoms with E-state index < -0.39 is 11.9 Å². The van der Waals surface area contributed by atoms with Crippen molar-refractivity contribution in [2.75, 3.05) is 20.3 Å². The van der Waals surface area contributed by atoms with Crippen LogP contribution in [0.1, 0.15) is 11.6 Å². The molecule has 6 nitrogen and oxygen atoms in total. The van der Waals surface area contributed by atoms with Gasteiger partial charge in [-0.3, -0.25) is 10.1 Å². The zero-order valence-corrected chi connectivity index (χ0v) is 9.51. The lowest BCUT2D eigenvalue weighted by molar-refractivity contribution is -0.120. The normalized spacial score (nSPS) is 12.3. The summed E-state index contributed by atoms with van der Waals surface area (Å²) < 4.78 is 4.85. The van der Waals surface area contributed by atoms with Crippen molar-refractivity contribution in [3.63, 3.8) is 0 Å². The Hall–Kier alpha value is -1.79. The summed E-state index contributed by atoms with van der Waals surface area (Å²) in [6.45, 7) is 0.888. The van der Waals surface area contributed by atoms with Crippen molar-refractivity contribution >= 4 is 5.91 Å². The SMILES string of the molecule is COCCNC(C(N)=O)c1ccc(O)c(O)c1. The van der Waals surface area contributed by atoms with E-state index in [9.17, 15) is 15.0 Å². The highest BCUT2D eigenvalue weighted by molar-refractivity contribution is 5.81. The van der Waals surface area contributed by atoms with Gasteiger partial charge in [0, 0.05) is 13.7 Å². The van der Waals surface area contributed by atoms with Crippen LogP contribution in [0.25, 0.3) is 0 Å². The van der Waals surface area contributed by atoms with Gasteiger partial charge in [-0.15, -0.1) is 0 Å². The summed E-state index contributed by atoms with van der Waals surface area (Å²) in [5.74, 6) is -1.10. The zero-order chi connectivity index (χ0) is 12.8. The molecule has 0 saturated carbocycles. The number of hydrogen-bond acceptors (Lipinski definition) is 5. The van der Waals surface area contributed by atoms with E-state index in [4.69, 9.17) is 10.5 Å². The highest BCUT2D eigenvalue weighted by atomic mass is 16.5. The van der Waals surface area contributed by atoms with Crippen LogP contribution >= 0.6 is 0 Å². The molecule has 17 heavy (non-hydrogen) atoms. The standard InChI is InChI=1S/C11H16N2O4/c1-17-5-4-13-10(11(12)16)7-2-3-8(14)9(15)6-7/h2-3,6,10,13-15H,4-5H2,1H3,(H2,12,16). The smallest absolute Gasteiger partial charge is 0.239 e. The third kappa shape index (κ3) is 3.61. The van der Waals surface area contributed by atoms with Crippen molar-refractivity contribution < 1.29 is 19.7 Å². The number of amides is 1. The summed E-state index contributed by atoms with van der Waals surface area (Å²) >= 11 is 0. The molecule has 1 aromatic rings. The number of carbonyl (C=O) groups excluding carboxylic acids is 1. The van der Waals surface area contributed by atoms with Crippen molar-refractivity contribution in [1.82, 2.24) is 5.32 Å². The van der Waals surface area contributed by atoms with Crippen molar-refractivity contribution in [3.8, 4) is 11.5 Å². The number of benzene rings is 1. The van der Waals surface area contributed by atoms with E-state index in [1.54, 1.807) is 7.11 Å². The van der Waals surface area contributed by atoms with E-state index in [-0.39, 0.29) is 11.5 Å². The first-order valence-electron chi connectivity index (χ1n) is 5.09. The maximum Gasteiger partial charge on any atom is 0.239 e. The van der Waals surface area contributed by atoms with Crippen LogP contribution in [0.3, 0.4) is 0 Å². The first-order valence-corrected chi connectivity index (χ1v) is 5.09. The van der Waals surface area contributed by atoms with Crippen molar-refractivity contribution in [2.45, 2.75) is 6.04 Å². The molecule has 0 aliphatic carbocycles. The van der Waals surface area contributed by atoms with E-state index in [2.05, 4.69) is 5.32 Å². The summed E-state index contributed by atoms with van der Waals surface area (Å²) in [6.07, 6.45) is 0. The maximum atomic E-state index is 11.3. The minimum Gasteiger partial charge on any atom is -0.504 e. The molecule has 0 aliphatic heterocycles. The lowest BCUT2D eigenvalue weighted by Gasteiger charge is -2.16. The molecule has 0 fully saturated rings. The van der Waals surface area contributed by atoms with Crippen LogP contribution in [-0.4, -0.2) is 36.4 Å². The monoisotopic (exact) mass is 240 g/mol. The molecular weight excluding hydrogens is 224 g/mol. The predicted molar refractivity (Wildman–Crippen MR) is 61.6 cm³/mol. The minimum atomic E-state index is -0.725. The summed E-state index contributed by atoms with van der Waals surface area (Å²) in [6, 6.07) is 3.39.